The fraction of sp³-hybridized carbons (Fsp3) is 0.302. The summed E-state index contributed by atoms with van der Waals surface area (Å²) in [5.41, 5.74) is 6.64. The Morgan fingerprint density at radius 3 is 2.28 bits per heavy atom. The summed E-state index contributed by atoms with van der Waals surface area (Å²) in [6, 6.07) is 28.5. The van der Waals surface area contributed by atoms with Gasteiger partial charge in [-0.05, 0) is 104 Å². The Balaban J connectivity index is 1.35. The Hall–Kier alpha value is -4.99. The van der Waals surface area contributed by atoms with Gasteiger partial charge in [-0.2, -0.15) is 0 Å². The summed E-state index contributed by atoms with van der Waals surface area (Å²) >= 11 is 6.60. The minimum atomic E-state index is -2.08. The number of carbonyl (C=O) groups is 2. The highest BCUT2D eigenvalue weighted by atomic mass is 35.5. The van der Waals surface area contributed by atoms with Crippen LogP contribution in [0.3, 0.4) is 0 Å². The van der Waals surface area contributed by atoms with Crippen molar-refractivity contribution < 1.29 is 23.5 Å². The van der Waals surface area contributed by atoms with Crippen LogP contribution in [0.5, 0.6) is 17.2 Å². The zero-order chi connectivity index (χ0) is 37.7. The second kappa shape index (κ2) is 14.1. The van der Waals surface area contributed by atoms with Crippen LogP contribution in [0.25, 0.3) is 11.3 Å². The number of aromatic nitrogens is 1. The Morgan fingerprint density at radius 2 is 1.53 bits per heavy atom. The van der Waals surface area contributed by atoms with Gasteiger partial charge in [0, 0.05) is 65.0 Å². The van der Waals surface area contributed by atoms with Crippen LogP contribution >= 0.6 is 11.6 Å². The van der Waals surface area contributed by atoms with Crippen molar-refractivity contribution in [2.75, 3.05) is 24.7 Å². The Morgan fingerprint density at radius 1 is 0.792 bits per heavy atom. The second-order valence-electron chi connectivity index (χ2n) is 15.3. The van der Waals surface area contributed by atoms with Gasteiger partial charge in [0.25, 0.3) is 11.8 Å². The first kappa shape index (κ1) is 36.4. The molecule has 0 saturated heterocycles. The van der Waals surface area contributed by atoms with Crippen molar-refractivity contribution >= 4 is 43.1 Å². The third-order valence-electron chi connectivity index (χ3n) is 10.9. The number of halogens is 1. The van der Waals surface area contributed by atoms with Crippen LogP contribution < -0.4 is 18.8 Å². The van der Waals surface area contributed by atoms with E-state index >= 15 is 0 Å². The van der Waals surface area contributed by atoms with E-state index in [1.54, 1.807) is 17.0 Å². The number of fused-ring (bicyclic) bond motifs is 5. The van der Waals surface area contributed by atoms with Crippen LogP contribution in [0.15, 0.2) is 91.0 Å². The normalized spacial score (nSPS) is 15.1. The molecule has 0 fully saturated rings. The second-order valence-corrected chi connectivity index (χ2v) is 20.5. The monoisotopic (exact) mass is 747 g/mol. The van der Waals surface area contributed by atoms with Crippen molar-refractivity contribution in [2.24, 2.45) is 7.05 Å². The van der Waals surface area contributed by atoms with E-state index < -0.39 is 8.32 Å². The lowest BCUT2D eigenvalue weighted by Gasteiger charge is -2.36. The molecule has 4 aromatic carbocycles. The van der Waals surface area contributed by atoms with Crippen molar-refractivity contribution in [3.05, 3.63) is 124 Å². The van der Waals surface area contributed by atoms with Crippen LogP contribution in [0.1, 0.15) is 58.3 Å². The molecule has 8 bridgehead atoms. The third kappa shape index (κ3) is 7.08. The van der Waals surface area contributed by atoms with Gasteiger partial charge >= 0.3 is 0 Å². The fourth-order valence-corrected chi connectivity index (χ4v) is 7.98. The number of nitrogens with zero attached hydrogens (tertiary/aromatic N) is 3. The first-order valence-electron chi connectivity index (χ1n) is 18.1. The lowest BCUT2D eigenvalue weighted by atomic mass is 9.96. The van der Waals surface area contributed by atoms with Crippen LogP contribution in [0.4, 0.5) is 11.4 Å². The lowest BCUT2D eigenvalue weighted by molar-refractivity contribution is 0.0734. The Labute approximate surface area is 318 Å². The molecule has 0 unspecified atom stereocenters. The molecule has 0 radical (unpaired) electrons. The molecule has 8 rings (SSSR count). The number of amides is 2. The molecular weight excluding hydrogens is 702 g/mol. The maximum atomic E-state index is 14.9. The molecule has 4 heterocycles. The van der Waals surface area contributed by atoms with E-state index in [1.165, 1.54) is 0 Å². The average Bonchev–Trinajstić information content (AvgIpc) is 3.42. The van der Waals surface area contributed by atoms with Crippen molar-refractivity contribution in [3.8, 4) is 28.5 Å². The molecule has 274 valence electrons. The van der Waals surface area contributed by atoms with Crippen molar-refractivity contribution in [1.82, 2.24) is 9.47 Å². The smallest absolute Gasteiger partial charge is 0.264 e. The quantitative estimate of drug-likeness (QED) is 0.172. The molecule has 5 aromatic rings. The molecule has 0 saturated carbocycles. The third-order valence-corrected chi connectivity index (χ3v) is 15.5. The van der Waals surface area contributed by atoms with Crippen molar-refractivity contribution in [3.63, 3.8) is 0 Å². The predicted octanol–water partition coefficient (Wildman–Crippen LogP) is 9.99. The Kier molecular flexibility index (Phi) is 9.67. The van der Waals surface area contributed by atoms with Gasteiger partial charge in [-0.1, -0.05) is 50.6 Å². The summed E-state index contributed by atoms with van der Waals surface area (Å²) in [7, 11) is -0.171. The van der Waals surface area contributed by atoms with Gasteiger partial charge < -0.3 is 23.4 Å². The molecule has 0 atom stereocenters. The van der Waals surface area contributed by atoms with E-state index in [-0.39, 0.29) is 16.9 Å². The summed E-state index contributed by atoms with van der Waals surface area (Å²) in [6.45, 7) is 14.6. The highest BCUT2D eigenvalue weighted by Crippen LogP contribution is 2.40. The summed E-state index contributed by atoms with van der Waals surface area (Å²) in [5, 5.41) is 0.537. The summed E-state index contributed by atoms with van der Waals surface area (Å²) < 4.78 is 21.0. The molecular formula is C43H46ClN3O5Si. The van der Waals surface area contributed by atoms with E-state index in [9.17, 15) is 9.59 Å². The minimum Gasteiger partial charge on any atom is -0.544 e. The molecule has 10 heteroatoms. The first-order chi connectivity index (χ1) is 25.2. The first-order valence-corrected chi connectivity index (χ1v) is 21.4. The Bertz CT molecular complexity index is 2200. The van der Waals surface area contributed by atoms with Crippen molar-refractivity contribution in [2.45, 2.75) is 58.8 Å². The van der Waals surface area contributed by atoms with Gasteiger partial charge in [-0.25, -0.2) is 0 Å². The maximum absolute atomic E-state index is 14.9. The van der Waals surface area contributed by atoms with E-state index in [1.807, 2.05) is 96.2 Å². The summed E-state index contributed by atoms with van der Waals surface area (Å²) in [4.78, 5) is 32.8. The molecule has 2 amide bonds. The van der Waals surface area contributed by atoms with Gasteiger partial charge in [0.2, 0.25) is 8.32 Å². The van der Waals surface area contributed by atoms with E-state index in [4.69, 9.17) is 25.5 Å². The molecule has 3 aliphatic heterocycles. The van der Waals surface area contributed by atoms with Crippen LogP contribution in [0, 0.1) is 6.92 Å². The zero-order valence-electron chi connectivity index (χ0n) is 31.5. The molecule has 0 N–H and O–H groups in total. The average molecular weight is 748 g/mol. The van der Waals surface area contributed by atoms with E-state index in [2.05, 4.69) is 39.9 Å². The minimum absolute atomic E-state index is 0.0354. The number of anilines is 2. The van der Waals surface area contributed by atoms with Gasteiger partial charge in [0.15, 0.2) is 0 Å². The molecule has 53 heavy (non-hydrogen) atoms. The lowest BCUT2D eigenvalue weighted by Crippen LogP contribution is -2.43. The van der Waals surface area contributed by atoms with Gasteiger partial charge in [-0.15, -0.1) is 0 Å². The van der Waals surface area contributed by atoms with E-state index in [0.717, 1.165) is 28.3 Å². The highest BCUT2D eigenvalue weighted by molar-refractivity contribution is 6.74. The largest absolute Gasteiger partial charge is 0.544 e. The SMILES string of the molecule is Cc1c2cc(n1C)-c1cc(Cl)ccc1C(=O)N1CCc3c(cccc3OCCOc3cccc(c3)N(c3ccc(O[Si](C)(C)C(C)(C)C)cc3)C2=O)C1. The molecule has 8 nitrogen and oxygen atoms in total. The topological polar surface area (TPSA) is 73.2 Å². The van der Waals surface area contributed by atoms with E-state index in [0.29, 0.717) is 77.3 Å². The van der Waals surface area contributed by atoms with Gasteiger partial charge in [-0.3, -0.25) is 14.5 Å². The maximum Gasteiger partial charge on any atom is 0.264 e. The molecule has 0 aliphatic carbocycles. The highest BCUT2D eigenvalue weighted by Gasteiger charge is 2.39. The van der Waals surface area contributed by atoms with Crippen LogP contribution in [0.2, 0.25) is 23.2 Å². The van der Waals surface area contributed by atoms with Crippen LogP contribution in [-0.4, -0.2) is 49.4 Å². The molecule has 3 aliphatic rings. The number of ether oxygens (including phenoxy) is 2. The molecule has 0 spiro atoms. The fourth-order valence-electron chi connectivity index (χ4n) is 6.78. The van der Waals surface area contributed by atoms with Crippen LogP contribution in [-0.2, 0) is 20.0 Å². The number of rotatable bonds is 3. The summed E-state index contributed by atoms with van der Waals surface area (Å²) in [5.74, 6) is 1.87. The predicted molar refractivity (Wildman–Crippen MR) is 214 cm³/mol. The van der Waals surface area contributed by atoms with Gasteiger partial charge in [0.05, 0.1) is 11.3 Å². The number of hydrogen-bond acceptors (Lipinski definition) is 5. The standard InChI is InChI=1S/C43H46ClN3O5Si/c1-28-37-26-39(45(28)5)38-24-30(44)14-19-36(38)41(48)46-21-20-35-29(27-46)10-8-13-40(35)51-23-22-50-34-12-9-11-32(25-34)47(42(37)49)31-15-17-33(18-16-31)52-53(6,7)43(2,3)4/h8-19,24-26H,20-23,27H2,1-7H3. The number of hydrogen-bond donors (Lipinski definition) is 0. The molecule has 1 aromatic heterocycles. The number of carbonyl (C=O) groups excluding carboxylic acids is 2. The zero-order valence-corrected chi connectivity index (χ0v) is 33.2. The number of benzene rings is 4. The van der Waals surface area contributed by atoms with Gasteiger partial charge in [0.1, 0.15) is 30.5 Å². The summed E-state index contributed by atoms with van der Waals surface area (Å²) in [6.07, 6.45) is 0.671. The van der Waals surface area contributed by atoms with Crippen molar-refractivity contribution in [1.29, 1.82) is 0 Å².